The Bertz CT molecular complexity index is 810. The topological polar surface area (TPSA) is 50.2 Å². The molecule has 5 nitrogen and oxygen atoms in total. The van der Waals surface area contributed by atoms with Crippen molar-refractivity contribution in [3.8, 4) is 0 Å². The highest BCUT2D eigenvalue weighted by atomic mass is 19.4. The van der Waals surface area contributed by atoms with Gasteiger partial charge in [0.05, 0.1) is 12.1 Å². The van der Waals surface area contributed by atoms with Crippen LogP contribution in [-0.2, 0) is 31.1 Å². The van der Waals surface area contributed by atoms with Crippen LogP contribution in [0.2, 0.25) is 0 Å². The predicted molar refractivity (Wildman–Crippen MR) is 104 cm³/mol. The number of nitrogens with zero attached hydrogens (tertiary/aromatic N) is 3. The van der Waals surface area contributed by atoms with Gasteiger partial charge in [-0.05, 0) is 56.0 Å². The number of nitrogens with one attached hydrogen (secondary N) is 1. The van der Waals surface area contributed by atoms with E-state index in [2.05, 4.69) is 15.2 Å². The summed E-state index contributed by atoms with van der Waals surface area (Å²) in [5.74, 6) is 1.45. The first-order valence-corrected chi connectivity index (χ1v) is 9.92. The van der Waals surface area contributed by atoms with Crippen molar-refractivity contribution in [1.29, 1.82) is 0 Å². The second kappa shape index (κ2) is 9.43. The van der Waals surface area contributed by atoms with Crippen molar-refractivity contribution in [1.82, 2.24) is 19.8 Å². The van der Waals surface area contributed by atoms with Gasteiger partial charge in [-0.2, -0.15) is 13.2 Å². The van der Waals surface area contributed by atoms with Crippen molar-refractivity contribution in [3.05, 3.63) is 53.6 Å². The molecule has 1 N–H and O–H groups in total. The van der Waals surface area contributed by atoms with Crippen molar-refractivity contribution in [2.24, 2.45) is 13.0 Å². The fraction of sp³-hybridized carbons (Fsp3) is 0.524. The Morgan fingerprint density at radius 2 is 2.03 bits per heavy atom. The number of hydrogen-bond acceptors (Lipinski definition) is 3. The average molecular weight is 408 g/mol. The van der Waals surface area contributed by atoms with Crippen molar-refractivity contribution in [3.63, 3.8) is 0 Å². The Kier molecular flexibility index (Phi) is 6.95. The number of carbonyl (C=O) groups is 1. The van der Waals surface area contributed by atoms with Crippen LogP contribution in [0, 0.1) is 5.92 Å². The summed E-state index contributed by atoms with van der Waals surface area (Å²) in [6.07, 6.45) is 2.69. The molecule has 1 aliphatic heterocycles. The monoisotopic (exact) mass is 408 g/mol. The third-order valence-electron chi connectivity index (χ3n) is 5.52. The van der Waals surface area contributed by atoms with Crippen LogP contribution < -0.4 is 5.32 Å². The van der Waals surface area contributed by atoms with E-state index in [1.807, 2.05) is 17.8 Å². The number of halogens is 3. The van der Waals surface area contributed by atoms with E-state index >= 15 is 0 Å². The van der Waals surface area contributed by atoms with Crippen LogP contribution in [-0.4, -0.2) is 33.4 Å². The van der Waals surface area contributed by atoms with E-state index in [9.17, 15) is 18.0 Å². The number of aryl methyl sites for hydroxylation is 1. The number of piperidine rings is 1. The molecule has 1 aliphatic rings. The Hall–Kier alpha value is -2.35. The van der Waals surface area contributed by atoms with Crippen LogP contribution in [0.25, 0.3) is 0 Å². The maximum absolute atomic E-state index is 12.8. The zero-order valence-electron chi connectivity index (χ0n) is 16.6. The van der Waals surface area contributed by atoms with E-state index in [1.165, 1.54) is 6.07 Å². The summed E-state index contributed by atoms with van der Waals surface area (Å²) in [7, 11) is 1.99. The maximum Gasteiger partial charge on any atom is 0.416 e. The lowest BCUT2D eigenvalue weighted by Crippen LogP contribution is -2.34. The lowest BCUT2D eigenvalue weighted by molar-refractivity contribution is -0.137. The van der Waals surface area contributed by atoms with E-state index < -0.39 is 11.7 Å². The second-order valence-corrected chi connectivity index (χ2v) is 7.69. The molecule has 0 atom stereocenters. The molecule has 0 aliphatic carbocycles. The molecule has 2 aromatic rings. The molecule has 1 fully saturated rings. The first kappa shape index (κ1) is 21.4. The number of carbonyl (C=O) groups excluding carboxylic acids is 1. The van der Waals surface area contributed by atoms with Crippen LogP contribution in [0.4, 0.5) is 13.2 Å². The minimum atomic E-state index is -4.37. The zero-order chi connectivity index (χ0) is 20.9. The number of likely N-dealkylation sites (tertiary alicyclic amines) is 1. The SMILES string of the molecule is Cn1ccnc1CN1CCC(CCC(=O)NCc2cccc(C(F)(F)F)c2)CC1. The van der Waals surface area contributed by atoms with Gasteiger partial charge in [0.15, 0.2) is 0 Å². The molecule has 0 bridgehead atoms. The third kappa shape index (κ3) is 6.32. The molecule has 0 spiro atoms. The van der Waals surface area contributed by atoms with Crippen LogP contribution >= 0.6 is 0 Å². The fourth-order valence-corrected chi connectivity index (χ4v) is 3.66. The Labute approximate surface area is 168 Å². The average Bonchev–Trinajstić information content (AvgIpc) is 3.10. The van der Waals surface area contributed by atoms with E-state index in [-0.39, 0.29) is 12.5 Å². The second-order valence-electron chi connectivity index (χ2n) is 7.69. The van der Waals surface area contributed by atoms with Gasteiger partial charge >= 0.3 is 6.18 Å². The van der Waals surface area contributed by atoms with E-state index in [4.69, 9.17) is 0 Å². The first-order chi connectivity index (χ1) is 13.8. The van der Waals surface area contributed by atoms with Gasteiger partial charge in [0.25, 0.3) is 0 Å². The Balaban J connectivity index is 1.36. The summed E-state index contributed by atoms with van der Waals surface area (Å²) in [5, 5.41) is 2.73. The highest BCUT2D eigenvalue weighted by molar-refractivity contribution is 5.75. The standard InChI is InChI=1S/C21H27F3N4O/c1-27-12-9-25-19(27)15-28-10-7-16(8-11-28)5-6-20(29)26-14-17-3-2-4-18(13-17)21(22,23)24/h2-4,9,12-13,16H,5-8,10-11,14-15H2,1H3,(H,26,29). The number of imidazole rings is 1. The maximum atomic E-state index is 12.8. The minimum absolute atomic E-state index is 0.113. The summed E-state index contributed by atoms with van der Waals surface area (Å²) < 4.78 is 40.3. The predicted octanol–water partition coefficient (Wildman–Crippen LogP) is 3.75. The first-order valence-electron chi connectivity index (χ1n) is 9.92. The number of hydrogen-bond donors (Lipinski definition) is 1. The van der Waals surface area contributed by atoms with Gasteiger partial charge < -0.3 is 9.88 Å². The normalized spacial score (nSPS) is 16.1. The molecule has 3 rings (SSSR count). The van der Waals surface area contributed by atoms with Crippen molar-refractivity contribution < 1.29 is 18.0 Å². The number of rotatable bonds is 7. The Morgan fingerprint density at radius 3 is 2.69 bits per heavy atom. The lowest BCUT2D eigenvalue weighted by Gasteiger charge is -2.31. The molecule has 1 amide bonds. The van der Waals surface area contributed by atoms with Gasteiger partial charge in [0.1, 0.15) is 5.82 Å². The fourth-order valence-electron chi connectivity index (χ4n) is 3.66. The zero-order valence-corrected chi connectivity index (χ0v) is 16.6. The number of aromatic nitrogens is 2. The van der Waals surface area contributed by atoms with E-state index in [0.717, 1.165) is 56.9 Å². The summed E-state index contributed by atoms with van der Waals surface area (Å²) >= 11 is 0. The summed E-state index contributed by atoms with van der Waals surface area (Å²) in [6, 6.07) is 5.07. The third-order valence-corrected chi connectivity index (χ3v) is 5.52. The van der Waals surface area contributed by atoms with Crippen molar-refractivity contribution in [2.45, 2.75) is 44.9 Å². The van der Waals surface area contributed by atoms with Crippen molar-refractivity contribution >= 4 is 5.91 Å². The molecule has 8 heteroatoms. The molecule has 0 saturated carbocycles. The molecule has 158 valence electrons. The van der Waals surface area contributed by atoms with Gasteiger partial charge in [0.2, 0.25) is 5.91 Å². The van der Waals surface area contributed by atoms with Crippen LogP contribution in [0.3, 0.4) is 0 Å². The van der Waals surface area contributed by atoms with Gasteiger partial charge in [-0.3, -0.25) is 9.69 Å². The molecular weight excluding hydrogens is 381 g/mol. The molecule has 2 heterocycles. The van der Waals surface area contributed by atoms with Gasteiger partial charge in [-0.15, -0.1) is 0 Å². The summed E-state index contributed by atoms with van der Waals surface area (Å²) in [5.41, 5.74) is -0.239. The number of alkyl halides is 3. The van der Waals surface area contributed by atoms with Gasteiger partial charge in [-0.25, -0.2) is 4.98 Å². The van der Waals surface area contributed by atoms with Gasteiger partial charge in [0, 0.05) is 32.4 Å². The Morgan fingerprint density at radius 1 is 1.28 bits per heavy atom. The minimum Gasteiger partial charge on any atom is -0.352 e. The van der Waals surface area contributed by atoms with Crippen LogP contribution in [0.1, 0.15) is 42.6 Å². The highest BCUT2D eigenvalue weighted by Crippen LogP contribution is 2.29. The lowest BCUT2D eigenvalue weighted by atomic mass is 9.92. The molecule has 29 heavy (non-hydrogen) atoms. The largest absolute Gasteiger partial charge is 0.416 e. The number of benzene rings is 1. The molecule has 1 saturated heterocycles. The summed E-state index contributed by atoms with van der Waals surface area (Å²) in [4.78, 5) is 18.8. The van der Waals surface area contributed by atoms with Crippen molar-refractivity contribution in [2.75, 3.05) is 13.1 Å². The van der Waals surface area contributed by atoms with Gasteiger partial charge in [-0.1, -0.05) is 12.1 Å². The van der Waals surface area contributed by atoms with E-state index in [0.29, 0.717) is 17.9 Å². The molecule has 1 aromatic heterocycles. The van der Waals surface area contributed by atoms with Crippen LogP contribution in [0.5, 0.6) is 0 Å². The quantitative estimate of drug-likeness (QED) is 0.759. The molecule has 0 unspecified atom stereocenters. The van der Waals surface area contributed by atoms with Crippen LogP contribution in [0.15, 0.2) is 36.7 Å². The molecular formula is C21H27F3N4O. The highest BCUT2D eigenvalue weighted by Gasteiger charge is 2.30. The smallest absolute Gasteiger partial charge is 0.352 e. The molecule has 1 aromatic carbocycles. The summed E-state index contributed by atoms with van der Waals surface area (Å²) in [6.45, 7) is 2.94. The van der Waals surface area contributed by atoms with E-state index in [1.54, 1.807) is 12.3 Å². The molecule has 0 radical (unpaired) electrons. The number of amides is 1.